The Morgan fingerprint density at radius 1 is 1.32 bits per heavy atom. The van der Waals surface area contributed by atoms with Crippen LogP contribution < -0.4 is 10.1 Å². The number of aromatic nitrogens is 3. The van der Waals surface area contributed by atoms with Crippen molar-refractivity contribution in [3.63, 3.8) is 0 Å². The fourth-order valence-corrected chi connectivity index (χ4v) is 1.54. The first-order valence-electron chi connectivity index (χ1n) is 5.87. The zero-order chi connectivity index (χ0) is 13.7. The number of ether oxygens (including phenoxy) is 2. The highest BCUT2D eigenvalue weighted by Gasteiger charge is 2.07. The minimum absolute atomic E-state index is 0.331. The maximum absolute atomic E-state index is 5.73. The molecule has 0 aliphatic carbocycles. The second-order valence-corrected chi connectivity index (χ2v) is 3.88. The SMILES string of the molecule is CNc1cc(Oc2cccnc2C)nc(COC)n1. The fraction of sp³-hybridized carbons (Fsp3) is 0.308. The van der Waals surface area contributed by atoms with Gasteiger partial charge in [-0.2, -0.15) is 4.98 Å². The molecule has 0 spiro atoms. The molecule has 2 heterocycles. The summed E-state index contributed by atoms with van der Waals surface area (Å²) in [6, 6.07) is 5.39. The van der Waals surface area contributed by atoms with E-state index in [1.807, 2.05) is 19.1 Å². The number of aryl methyl sites for hydroxylation is 1. The molecule has 0 fully saturated rings. The van der Waals surface area contributed by atoms with Gasteiger partial charge in [0.25, 0.3) is 0 Å². The van der Waals surface area contributed by atoms with Crippen molar-refractivity contribution in [3.05, 3.63) is 35.9 Å². The van der Waals surface area contributed by atoms with Gasteiger partial charge >= 0.3 is 0 Å². The minimum Gasteiger partial charge on any atom is -0.437 e. The van der Waals surface area contributed by atoms with E-state index in [1.165, 1.54) is 0 Å². The van der Waals surface area contributed by atoms with Gasteiger partial charge in [0.1, 0.15) is 12.4 Å². The number of nitrogens with zero attached hydrogens (tertiary/aromatic N) is 3. The predicted octanol–water partition coefficient (Wildman–Crippen LogP) is 2.16. The lowest BCUT2D eigenvalue weighted by molar-refractivity contribution is 0.177. The normalized spacial score (nSPS) is 10.3. The molecule has 1 N–H and O–H groups in total. The topological polar surface area (TPSA) is 69.2 Å². The monoisotopic (exact) mass is 260 g/mol. The van der Waals surface area contributed by atoms with Crippen molar-refractivity contribution in [2.75, 3.05) is 19.5 Å². The predicted molar refractivity (Wildman–Crippen MR) is 71.3 cm³/mol. The second kappa shape index (κ2) is 6.10. The zero-order valence-electron chi connectivity index (χ0n) is 11.2. The number of rotatable bonds is 5. The standard InChI is InChI=1S/C13H16N4O2/c1-9-10(5-4-6-15-9)19-13-7-11(14-2)16-12(17-13)8-18-3/h4-7H,8H2,1-3H3,(H,14,16,17). The molecule has 0 saturated heterocycles. The Bertz CT molecular complexity index is 560. The maximum Gasteiger partial charge on any atom is 0.224 e. The second-order valence-electron chi connectivity index (χ2n) is 3.88. The molecule has 0 aliphatic heterocycles. The molecule has 2 aromatic heterocycles. The van der Waals surface area contributed by atoms with Gasteiger partial charge in [-0.25, -0.2) is 4.98 Å². The van der Waals surface area contributed by atoms with Crippen molar-refractivity contribution < 1.29 is 9.47 Å². The van der Waals surface area contributed by atoms with Gasteiger partial charge in [-0.15, -0.1) is 0 Å². The number of methoxy groups -OCH3 is 1. The molecule has 100 valence electrons. The number of anilines is 1. The largest absolute Gasteiger partial charge is 0.437 e. The van der Waals surface area contributed by atoms with E-state index in [4.69, 9.17) is 9.47 Å². The van der Waals surface area contributed by atoms with Crippen molar-refractivity contribution in [2.45, 2.75) is 13.5 Å². The Morgan fingerprint density at radius 2 is 2.16 bits per heavy atom. The molecule has 0 unspecified atom stereocenters. The Kier molecular flexibility index (Phi) is 4.25. The molecule has 6 nitrogen and oxygen atoms in total. The Balaban J connectivity index is 2.29. The number of hydrogen-bond acceptors (Lipinski definition) is 6. The summed E-state index contributed by atoms with van der Waals surface area (Å²) in [5.41, 5.74) is 0.806. The molecule has 6 heteroatoms. The summed E-state index contributed by atoms with van der Waals surface area (Å²) in [7, 11) is 3.39. The summed E-state index contributed by atoms with van der Waals surface area (Å²) in [5, 5.41) is 2.96. The lowest BCUT2D eigenvalue weighted by atomic mass is 10.3. The average molecular weight is 260 g/mol. The van der Waals surface area contributed by atoms with E-state index in [2.05, 4.69) is 20.3 Å². The third-order valence-electron chi connectivity index (χ3n) is 2.45. The summed E-state index contributed by atoms with van der Waals surface area (Å²) < 4.78 is 10.8. The quantitative estimate of drug-likeness (QED) is 0.888. The first-order chi connectivity index (χ1) is 9.22. The van der Waals surface area contributed by atoms with Crippen molar-refractivity contribution >= 4 is 5.82 Å². The van der Waals surface area contributed by atoms with Crippen LogP contribution in [0.5, 0.6) is 11.6 Å². The maximum atomic E-state index is 5.73. The summed E-state index contributed by atoms with van der Waals surface area (Å²) in [4.78, 5) is 12.7. The molecule has 2 rings (SSSR count). The average Bonchev–Trinajstić information content (AvgIpc) is 2.41. The van der Waals surface area contributed by atoms with Crippen molar-refractivity contribution in [1.29, 1.82) is 0 Å². The Labute approximate surface area is 111 Å². The Hall–Kier alpha value is -2.21. The fourth-order valence-electron chi connectivity index (χ4n) is 1.54. The van der Waals surface area contributed by atoms with Gasteiger partial charge in [0.2, 0.25) is 5.88 Å². The van der Waals surface area contributed by atoms with Gasteiger partial charge in [-0.05, 0) is 19.1 Å². The smallest absolute Gasteiger partial charge is 0.224 e. The van der Waals surface area contributed by atoms with Crippen molar-refractivity contribution in [2.24, 2.45) is 0 Å². The summed E-state index contributed by atoms with van der Waals surface area (Å²) in [5.74, 6) is 2.37. The summed E-state index contributed by atoms with van der Waals surface area (Å²) in [6.45, 7) is 2.21. The number of pyridine rings is 1. The molecule has 0 atom stereocenters. The van der Waals surface area contributed by atoms with E-state index < -0.39 is 0 Å². The van der Waals surface area contributed by atoms with Gasteiger partial charge in [-0.3, -0.25) is 4.98 Å². The first-order valence-corrected chi connectivity index (χ1v) is 5.87. The van der Waals surface area contributed by atoms with Crippen LogP contribution in [0, 0.1) is 6.92 Å². The molecular formula is C13H16N4O2. The van der Waals surface area contributed by atoms with Gasteiger partial charge in [0, 0.05) is 26.4 Å². The molecule has 0 radical (unpaired) electrons. The molecular weight excluding hydrogens is 244 g/mol. The third-order valence-corrected chi connectivity index (χ3v) is 2.45. The van der Waals surface area contributed by atoms with Crippen LogP contribution in [0.1, 0.15) is 11.5 Å². The van der Waals surface area contributed by atoms with E-state index >= 15 is 0 Å². The number of nitrogens with one attached hydrogen (secondary N) is 1. The van der Waals surface area contributed by atoms with E-state index in [0.717, 1.165) is 5.69 Å². The van der Waals surface area contributed by atoms with Crippen LogP contribution in [0.3, 0.4) is 0 Å². The minimum atomic E-state index is 0.331. The summed E-state index contributed by atoms with van der Waals surface area (Å²) >= 11 is 0. The lowest BCUT2D eigenvalue weighted by Gasteiger charge is -2.09. The molecule has 19 heavy (non-hydrogen) atoms. The van der Waals surface area contributed by atoms with E-state index in [-0.39, 0.29) is 0 Å². The first kappa shape index (κ1) is 13.2. The third kappa shape index (κ3) is 3.38. The van der Waals surface area contributed by atoms with Crippen LogP contribution in [0.15, 0.2) is 24.4 Å². The molecule has 2 aromatic rings. The molecule has 0 aliphatic rings. The van der Waals surface area contributed by atoms with Gasteiger partial charge in [-0.1, -0.05) is 0 Å². The molecule has 0 aromatic carbocycles. The molecule has 0 saturated carbocycles. The Morgan fingerprint density at radius 3 is 2.84 bits per heavy atom. The highest BCUT2D eigenvalue weighted by molar-refractivity contribution is 5.39. The molecule has 0 amide bonds. The number of hydrogen-bond donors (Lipinski definition) is 1. The van der Waals surface area contributed by atoms with Crippen molar-refractivity contribution in [3.8, 4) is 11.6 Å². The highest BCUT2D eigenvalue weighted by atomic mass is 16.5. The lowest BCUT2D eigenvalue weighted by Crippen LogP contribution is -2.03. The summed E-state index contributed by atoms with van der Waals surface area (Å²) in [6.07, 6.45) is 1.72. The van der Waals surface area contributed by atoms with Crippen LogP contribution in [0.4, 0.5) is 5.82 Å². The van der Waals surface area contributed by atoms with Gasteiger partial charge < -0.3 is 14.8 Å². The zero-order valence-corrected chi connectivity index (χ0v) is 11.2. The van der Waals surface area contributed by atoms with E-state index in [0.29, 0.717) is 29.9 Å². The van der Waals surface area contributed by atoms with Crippen molar-refractivity contribution in [1.82, 2.24) is 15.0 Å². The van der Waals surface area contributed by atoms with E-state index in [1.54, 1.807) is 26.4 Å². The molecule has 0 bridgehead atoms. The van der Waals surface area contributed by atoms with Gasteiger partial charge in [0.15, 0.2) is 11.6 Å². The van der Waals surface area contributed by atoms with Crippen LogP contribution in [0.25, 0.3) is 0 Å². The van der Waals surface area contributed by atoms with E-state index in [9.17, 15) is 0 Å². The van der Waals surface area contributed by atoms with Crippen LogP contribution in [0.2, 0.25) is 0 Å². The van der Waals surface area contributed by atoms with Crippen LogP contribution in [-0.2, 0) is 11.3 Å². The van der Waals surface area contributed by atoms with Crippen LogP contribution in [-0.4, -0.2) is 29.1 Å². The van der Waals surface area contributed by atoms with Crippen LogP contribution >= 0.6 is 0 Å². The highest BCUT2D eigenvalue weighted by Crippen LogP contribution is 2.23. The van der Waals surface area contributed by atoms with Gasteiger partial charge in [0.05, 0.1) is 5.69 Å².